The Kier molecular flexibility index (Phi) is 10.6. The second-order valence-corrected chi connectivity index (χ2v) is 6.13. The minimum absolute atomic E-state index is 0.0750. The fourth-order valence-electron chi connectivity index (χ4n) is 2.13. The van der Waals surface area contributed by atoms with E-state index in [1.807, 2.05) is 0 Å². The van der Waals surface area contributed by atoms with Gasteiger partial charge >= 0.3 is 0 Å². The van der Waals surface area contributed by atoms with Gasteiger partial charge in [0.15, 0.2) is 0 Å². The largest absolute Gasteiger partial charge is 0.374 e. The van der Waals surface area contributed by atoms with Crippen LogP contribution in [0.4, 0.5) is 0 Å². The van der Waals surface area contributed by atoms with Crippen molar-refractivity contribution in [2.24, 2.45) is 0 Å². The quantitative estimate of drug-likeness (QED) is 0.581. The first-order valence-corrected chi connectivity index (χ1v) is 7.93. The van der Waals surface area contributed by atoms with E-state index < -0.39 is 0 Å². The molecular formula is C16H35NO2. The van der Waals surface area contributed by atoms with Gasteiger partial charge in [0.2, 0.25) is 0 Å². The first kappa shape index (κ1) is 18.9. The van der Waals surface area contributed by atoms with E-state index in [1.54, 1.807) is 0 Å². The Morgan fingerprint density at radius 1 is 1.00 bits per heavy atom. The molecule has 0 aliphatic rings. The third-order valence-electron chi connectivity index (χ3n) is 3.06. The SMILES string of the molecule is CCCNC(CCC)C(CC)OCCOC(C)(C)C. The fourth-order valence-corrected chi connectivity index (χ4v) is 2.13. The van der Waals surface area contributed by atoms with Crippen LogP contribution in [-0.4, -0.2) is 37.5 Å². The topological polar surface area (TPSA) is 30.5 Å². The van der Waals surface area contributed by atoms with Crippen molar-refractivity contribution in [2.75, 3.05) is 19.8 Å². The van der Waals surface area contributed by atoms with Crippen LogP contribution in [0.1, 0.15) is 67.2 Å². The first-order valence-electron chi connectivity index (χ1n) is 7.93. The summed E-state index contributed by atoms with van der Waals surface area (Å²) in [5.74, 6) is 0. The van der Waals surface area contributed by atoms with Crippen LogP contribution in [0.5, 0.6) is 0 Å². The molecule has 0 bridgehead atoms. The second-order valence-electron chi connectivity index (χ2n) is 6.13. The van der Waals surface area contributed by atoms with Gasteiger partial charge in [0.05, 0.1) is 24.9 Å². The Hall–Kier alpha value is -0.120. The van der Waals surface area contributed by atoms with Crippen LogP contribution in [-0.2, 0) is 9.47 Å². The van der Waals surface area contributed by atoms with Crippen LogP contribution in [0.2, 0.25) is 0 Å². The summed E-state index contributed by atoms with van der Waals surface area (Å²) >= 11 is 0. The summed E-state index contributed by atoms with van der Waals surface area (Å²) in [4.78, 5) is 0. The summed E-state index contributed by atoms with van der Waals surface area (Å²) < 4.78 is 11.7. The summed E-state index contributed by atoms with van der Waals surface area (Å²) in [7, 11) is 0. The minimum Gasteiger partial charge on any atom is -0.374 e. The van der Waals surface area contributed by atoms with Gasteiger partial charge in [-0.3, -0.25) is 0 Å². The van der Waals surface area contributed by atoms with Crippen molar-refractivity contribution in [3.8, 4) is 0 Å². The van der Waals surface area contributed by atoms with Crippen molar-refractivity contribution in [2.45, 2.75) is 85.0 Å². The van der Waals surface area contributed by atoms with Gasteiger partial charge in [0.25, 0.3) is 0 Å². The molecule has 0 rings (SSSR count). The molecule has 0 aliphatic carbocycles. The molecule has 0 saturated heterocycles. The van der Waals surface area contributed by atoms with Crippen molar-refractivity contribution in [3.63, 3.8) is 0 Å². The van der Waals surface area contributed by atoms with Crippen LogP contribution < -0.4 is 5.32 Å². The highest BCUT2D eigenvalue weighted by molar-refractivity contribution is 4.76. The van der Waals surface area contributed by atoms with E-state index in [-0.39, 0.29) is 5.60 Å². The van der Waals surface area contributed by atoms with E-state index in [1.165, 1.54) is 19.3 Å². The standard InChI is InChI=1S/C16H35NO2/c1-7-10-14(17-11-8-2)15(9-3)18-12-13-19-16(4,5)6/h14-15,17H,7-13H2,1-6H3. The molecule has 0 heterocycles. The third kappa shape index (κ3) is 10.3. The van der Waals surface area contributed by atoms with E-state index >= 15 is 0 Å². The highest BCUT2D eigenvalue weighted by atomic mass is 16.5. The summed E-state index contributed by atoms with van der Waals surface area (Å²) in [6.07, 6.45) is 4.90. The van der Waals surface area contributed by atoms with Crippen LogP contribution in [0, 0.1) is 0 Å². The van der Waals surface area contributed by atoms with Gasteiger partial charge in [-0.2, -0.15) is 0 Å². The molecule has 0 radical (unpaired) electrons. The van der Waals surface area contributed by atoms with Crippen molar-refractivity contribution in [1.82, 2.24) is 5.32 Å². The first-order chi connectivity index (χ1) is 8.94. The molecule has 2 atom stereocenters. The molecule has 1 N–H and O–H groups in total. The zero-order valence-corrected chi connectivity index (χ0v) is 13.9. The highest BCUT2D eigenvalue weighted by Crippen LogP contribution is 2.11. The van der Waals surface area contributed by atoms with E-state index in [2.05, 4.69) is 46.9 Å². The Balaban J connectivity index is 4.05. The van der Waals surface area contributed by atoms with Crippen molar-refractivity contribution in [1.29, 1.82) is 0 Å². The lowest BCUT2D eigenvalue weighted by Crippen LogP contribution is -2.42. The van der Waals surface area contributed by atoms with Gasteiger partial charge in [0, 0.05) is 6.04 Å². The van der Waals surface area contributed by atoms with Crippen LogP contribution in [0.15, 0.2) is 0 Å². The van der Waals surface area contributed by atoms with Gasteiger partial charge in [-0.15, -0.1) is 0 Å². The van der Waals surface area contributed by atoms with Crippen LogP contribution >= 0.6 is 0 Å². The Morgan fingerprint density at radius 2 is 1.68 bits per heavy atom. The van der Waals surface area contributed by atoms with E-state index in [0.29, 0.717) is 25.4 Å². The van der Waals surface area contributed by atoms with Gasteiger partial charge in [-0.25, -0.2) is 0 Å². The molecule has 0 aromatic heterocycles. The third-order valence-corrected chi connectivity index (χ3v) is 3.06. The molecule has 3 nitrogen and oxygen atoms in total. The zero-order valence-electron chi connectivity index (χ0n) is 13.9. The molecule has 3 heteroatoms. The monoisotopic (exact) mass is 273 g/mol. The Labute approximate surface area is 120 Å². The molecule has 0 amide bonds. The molecule has 0 fully saturated rings. The number of rotatable bonds is 11. The molecule has 0 aliphatic heterocycles. The predicted molar refractivity (Wildman–Crippen MR) is 82.7 cm³/mol. The number of hydrogen-bond acceptors (Lipinski definition) is 3. The maximum absolute atomic E-state index is 6.01. The molecule has 0 aromatic carbocycles. The minimum atomic E-state index is -0.0750. The molecule has 0 aromatic rings. The molecule has 0 saturated carbocycles. The Morgan fingerprint density at radius 3 is 2.16 bits per heavy atom. The summed E-state index contributed by atoms with van der Waals surface area (Å²) in [6, 6.07) is 0.476. The predicted octanol–water partition coefficient (Wildman–Crippen LogP) is 3.77. The van der Waals surface area contributed by atoms with Crippen LogP contribution in [0.25, 0.3) is 0 Å². The molecule has 116 valence electrons. The number of ether oxygens (including phenoxy) is 2. The lowest BCUT2D eigenvalue weighted by atomic mass is 10.0. The molecule has 19 heavy (non-hydrogen) atoms. The molecule has 2 unspecified atom stereocenters. The van der Waals surface area contributed by atoms with E-state index in [4.69, 9.17) is 9.47 Å². The van der Waals surface area contributed by atoms with Gasteiger partial charge < -0.3 is 14.8 Å². The maximum Gasteiger partial charge on any atom is 0.0726 e. The average molecular weight is 273 g/mol. The normalized spacial score (nSPS) is 15.5. The highest BCUT2D eigenvalue weighted by Gasteiger charge is 2.19. The van der Waals surface area contributed by atoms with Gasteiger partial charge in [-0.1, -0.05) is 27.2 Å². The van der Waals surface area contributed by atoms with Crippen LogP contribution in [0.3, 0.4) is 0 Å². The zero-order chi connectivity index (χ0) is 14.7. The summed E-state index contributed by atoms with van der Waals surface area (Å²) in [5, 5.41) is 3.61. The fraction of sp³-hybridized carbons (Fsp3) is 1.00. The average Bonchev–Trinajstić information content (AvgIpc) is 2.34. The number of hydrogen-bond donors (Lipinski definition) is 1. The van der Waals surface area contributed by atoms with Crippen molar-refractivity contribution >= 4 is 0 Å². The smallest absolute Gasteiger partial charge is 0.0726 e. The Bertz CT molecular complexity index is 201. The van der Waals surface area contributed by atoms with Gasteiger partial charge in [-0.05, 0) is 46.6 Å². The molecular weight excluding hydrogens is 238 g/mol. The lowest BCUT2D eigenvalue weighted by Gasteiger charge is -2.28. The van der Waals surface area contributed by atoms with Crippen molar-refractivity contribution < 1.29 is 9.47 Å². The maximum atomic E-state index is 6.01. The van der Waals surface area contributed by atoms with Gasteiger partial charge in [0.1, 0.15) is 0 Å². The number of nitrogens with one attached hydrogen (secondary N) is 1. The van der Waals surface area contributed by atoms with Crippen molar-refractivity contribution in [3.05, 3.63) is 0 Å². The lowest BCUT2D eigenvalue weighted by molar-refractivity contribution is -0.0595. The van der Waals surface area contributed by atoms with E-state index in [9.17, 15) is 0 Å². The summed E-state index contributed by atoms with van der Waals surface area (Å²) in [5.41, 5.74) is -0.0750. The summed E-state index contributed by atoms with van der Waals surface area (Å²) in [6.45, 7) is 15.3. The second kappa shape index (κ2) is 10.6. The van der Waals surface area contributed by atoms with E-state index in [0.717, 1.165) is 13.0 Å². The molecule has 0 spiro atoms.